The Bertz CT molecular complexity index is 960. The van der Waals surface area contributed by atoms with Gasteiger partial charge in [-0.15, -0.1) is 0 Å². The summed E-state index contributed by atoms with van der Waals surface area (Å²) in [6.07, 6.45) is -0.0146. The van der Waals surface area contributed by atoms with Gasteiger partial charge in [-0.1, -0.05) is 12.1 Å². The second-order valence-electron chi connectivity index (χ2n) is 7.80. The van der Waals surface area contributed by atoms with Crippen molar-refractivity contribution in [3.8, 4) is 0 Å². The number of piperazine rings is 1. The quantitative estimate of drug-likeness (QED) is 0.836. The SMILES string of the molecule is CN1CCN(c2ccccc2NC(=O)C2CC(=O)N(c3ccc(F)cc3F)C2)CC1. The van der Waals surface area contributed by atoms with Gasteiger partial charge in [0.15, 0.2) is 0 Å². The summed E-state index contributed by atoms with van der Waals surface area (Å²) >= 11 is 0. The topological polar surface area (TPSA) is 55.9 Å². The van der Waals surface area contributed by atoms with Crippen LogP contribution in [0.15, 0.2) is 42.5 Å². The zero-order chi connectivity index (χ0) is 21.3. The Hall–Kier alpha value is -3.00. The third-order valence-corrected chi connectivity index (χ3v) is 5.70. The second kappa shape index (κ2) is 8.39. The first-order valence-corrected chi connectivity index (χ1v) is 10.0. The molecule has 2 heterocycles. The zero-order valence-electron chi connectivity index (χ0n) is 16.8. The van der Waals surface area contributed by atoms with Crippen molar-refractivity contribution in [1.29, 1.82) is 0 Å². The van der Waals surface area contributed by atoms with Crippen LogP contribution in [0.25, 0.3) is 0 Å². The molecule has 2 aliphatic heterocycles. The maximum absolute atomic E-state index is 14.1. The first-order valence-electron chi connectivity index (χ1n) is 10.0. The molecule has 1 N–H and O–H groups in total. The zero-order valence-corrected chi connectivity index (χ0v) is 16.8. The largest absolute Gasteiger partial charge is 0.367 e. The van der Waals surface area contributed by atoms with E-state index in [0.717, 1.165) is 44.0 Å². The highest BCUT2D eigenvalue weighted by Crippen LogP contribution is 2.31. The number of nitrogens with zero attached hydrogens (tertiary/aromatic N) is 3. The van der Waals surface area contributed by atoms with Gasteiger partial charge in [-0.05, 0) is 31.3 Å². The summed E-state index contributed by atoms with van der Waals surface area (Å²) in [6, 6.07) is 10.7. The first-order chi connectivity index (χ1) is 14.4. The van der Waals surface area contributed by atoms with E-state index in [9.17, 15) is 18.4 Å². The molecule has 4 rings (SSSR count). The minimum Gasteiger partial charge on any atom is -0.367 e. The Morgan fingerprint density at radius 1 is 1.03 bits per heavy atom. The summed E-state index contributed by atoms with van der Waals surface area (Å²) in [6.45, 7) is 3.67. The van der Waals surface area contributed by atoms with Crippen molar-refractivity contribution in [2.24, 2.45) is 5.92 Å². The minimum atomic E-state index is -0.815. The minimum absolute atomic E-state index is 0.00506. The Labute approximate surface area is 174 Å². The Balaban J connectivity index is 1.47. The summed E-state index contributed by atoms with van der Waals surface area (Å²) in [5, 5.41) is 2.95. The summed E-state index contributed by atoms with van der Waals surface area (Å²) in [4.78, 5) is 31.0. The Morgan fingerprint density at radius 2 is 1.77 bits per heavy atom. The lowest BCUT2D eigenvalue weighted by molar-refractivity contribution is -0.122. The smallest absolute Gasteiger partial charge is 0.229 e. The fourth-order valence-electron chi connectivity index (χ4n) is 3.95. The number of halogens is 2. The van der Waals surface area contributed by atoms with Gasteiger partial charge in [0, 0.05) is 45.2 Å². The number of likely N-dealkylation sites (N-methyl/N-ethyl adjacent to an activating group) is 1. The van der Waals surface area contributed by atoms with E-state index in [0.29, 0.717) is 5.69 Å². The molecule has 0 bridgehead atoms. The highest BCUT2D eigenvalue weighted by Gasteiger charge is 2.36. The predicted octanol–water partition coefficient (Wildman–Crippen LogP) is 2.71. The maximum atomic E-state index is 14.1. The molecule has 2 aromatic rings. The molecule has 2 aliphatic rings. The van der Waals surface area contributed by atoms with E-state index in [4.69, 9.17) is 0 Å². The number of hydrogen-bond donors (Lipinski definition) is 1. The highest BCUT2D eigenvalue weighted by atomic mass is 19.1. The molecule has 0 spiro atoms. The van der Waals surface area contributed by atoms with E-state index in [1.54, 1.807) is 0 Å². The molecule has 1 atom stereocenters. The van der Waals surface area contributed by atoms with Crippen LogP contribution in [0.1, 0.15) is 6.42 Å². The first kappa shape index (κ1) is 20.3. The lowest BCUT2D eigenvalue weighted by Crippen LogP contribution is -2.44. The normalized spacial score (nSPS) is 20.0. The van der Waals surface area contributed by atoms with Gasteiger partial charge in [-0.3, -0.25) is 9.59 Å². The van der Waals surface area contributed by atoms with Crippen molar-refractivity contribution in [1.82, 2.24) is 4.90 Å². The van der Waals surface area contributed by atoms with Crippen molar-refractivity contribution < 1.29 is 18.4 Å². The van der Waals surface area contributed by atoms with Gasteiger partial charge in [0.1, 0.15) is 11.6 Å². The molecule has 8 heteroatoms. The van der Waals surface area contributed by atoms with Crippen molar-refractivity contribution >= 4 is 28.9 Å². The summed E-state index contributed by atoms with van der Waals surface area (Å²) in [5.74, 6) is -2.77. The molecule has 2 saturated heterocycles. The number of benzene rings is 2. The van der Waals surface area contributed by atoms with Gasteiger partial charge >= 0.3 is 0 Å². The number of carbonyl (C=O) groups is 2. The maximum Gasteiger partial charge on any atom is 0.229 e. The van der Waals surface area contributed by atoms with Crippen LogP contribution >= 0.6 is 0 Å². The van der Waals surface area contributed by atoms with Crippen LogP contribution < -0.4 is 15.1 Å². The molecule has 2 aromatic carbocycles. The number of anilines is 3. The van der Waals surface area contributed by atoms with Gasteiger partial charge in [-0.2, -0.15) is 0 Å². The van der Waals surface area contributed by atoms with Crippen LogP contribution in [0, 0.1) is 17.6 Å². The number of para-hydroxylation sites is 2. The Kier molecular flexibility index (Phi) is 5.67. The molecule has 158 valence electrons. The van der Waals surface area contributed by atoms with E-state index in [-0.39, 0.29) is 30.5 Å². The predicted molar refractivity (Wildman–Crippen MR) is 112 cm³/mol. The van der Waals surface area contributed by atoms with Crippen molar-refractivity contribution in [2.45, 2.75) is 6.42 Å². The number of hydrogen-bond acceptors (Lipinski definition) is 4. The fraction of sp³-hybridized carbons (Fsp3) is 0.364. The van der Waals surface area contributed by atoms with E-state index >= 15 is 0 Å². The number of nitrogens with one attached hydrogen (secondary N) is 1. The van der Waals surface area contributed by atoms with E-state index in [1.807, 2.05) is 24.3 Å². The molecule has 2 fully saturated rings. The highest BCUT2D eigenvalue weighted by molar-refractivity contribution is 6.04. The average molecular weight is 414 g/mol. The summed E-state index contributed by atoms with van der Waals surface area (Å²) < 4.78 is 27.3. The van der Waals surface area contributed by atoms with Crippen molar-refractivity contribution in [3.05, 3.63) is 54.1 Å². The monoisotopic (exact) mass is 414 g/mol. The van der Waals surface area contributed by atoms with Gasteiger partial charge in [-0.25, -0.2) is 8.78 Å². The molecule has 1 unspecified atom stereocenters. The van der Waals surface area contributed by atoms with Gasteiger partial charge in [0.25, 0.3) is 0 Å². The van der Waals surface area contributed by atoms with Crippen LogP contribution in [0.2, 0.25) is 0 Å². The van der Waals surface area contributed by atoms with E-state index < -0.39 is 17.6 Å². The molecule has 0 aliphatic carbocycles. The number of amides is 2. The third-order valence-electron chi connectivity index (χ3n) is 5.70. The molecule has 6 nitrogen and oxygen atoms in total. The van der Waals surface area contributed by atoms with E-state index in [1.165, 1.54) is 11.0 Å². The van der Waals surface area contributed by atoms with E-state index in [2.05, 4.69) is 22.2 Å². The molecule has 2 amide bonds. The van der Waals surface area contributed by atoms with Gasteiger partial charge < -0.3 is 20.0 Å². The number of rotatable bonds is 4. The molecule has 0 saturated carbocycles. The summed E-state index contributed by atoms with van der Waals surface area (Å²) in [7, 11) is 2.08. The van der Waals surface area contributed by atoms with Crippen LogP contribution in [-0.2, 0) is 9.59 Å². The van der Waals surface area contributed by atoms with Crippen LogP contribution in [-0.4, -0.2) is 56.5 Å². The Morgan fingerprint density at radius 3 is 2.50 bits per heavy atom. The molecule has 30 heavy (non-hydrogen) atoms. The standard InChI is InChI=1S/C22H24F2N4O2/c1-26-8-10-27(11-9-26)20-5-3-2-4-18(20)25-22(30)15-12-21(29)28(14-15)19-7-6-16(23)13-17(19)24/h2-7,13,15H,8-12,14H2,1H3,(H,25,30). The lowest BCUT2D eigenvalue weighted by Gasteiger charge is -2.35. The fourth-order valence-corrected chi connectivity index (χ4v) is 3.95. The van der Waals surface area contributed by atoms with Crippen molar-refractivity contribution in [2.75, 3.05) is 54.9 Å². The summed E-state index contributed by atoms with van der Waals surface area (Å²) in [5.41, 5.74) is 1.64. The average Bonchev–Trinajstić information content (AvgIpc) is 3.11. The third kappa shape index (κ3) is 4.14. The number of carbonyl (C=O) groups excluding carboxylic acids is 2. The molecule has 0 radical (unpaired) electrons. The second-order valence-corrected chi connectivity index (χ2v) is 7.80. The molecular formula is C22H24F2N4O2. The molecular weight excluding hydrogens is 390 g/mol. The van der Waals surface area contributed by atoms with Crippen LogP contribution in [0.3, 0.4) is 0 Å². The molecule has 0 aromatic heterocycles. The van der Waals surface area contributed by atoms with Crippen LogP contribution in [0.4, 0.5) is 25.8 Å². The van der Waals surface area contributed by atoms with Gasteiger partial charge in [0.2, 0.25) is 11.8 Å². The van der Waals surface area contributed by atoms with Crippen molar-refractivity contribution in [3.63, 3.8) is 0 Å². The van der Waals surface area contributed by atoms with Gasteiger partial charge in [0.05, 0.1) is 23.0 Å². The van der Waals surface area contributed by atoms with Crippen LogP contribution in [0.5, 0.6) is 0 Å². The lowest BCUT2D eigenvalue weighted by atomic mass is 10.1.